The van der Waals surface area contributed by atoms with Gasteiger partial charge in [-0.2, -0.15) is 0 Å². The van der Waals surface area contributed by atoms with Crippen LogP contribution in [-0.2, 0) is 14.3 Å². The molecule has 134 valence electrons. The van der Waals surface area contributed by atoms with E-state index in [0.29, 0.717) is 37.6 Å². The molecule has 25 heavy (non-hydrogen) atoms. The quantitative estimate of drug-likeness (QED) is 0.835. The number of hydrogen-bond donors (Lipinski definition) is 1. The van der Waals surface area contributed by atoms with Gasteiger partial charge in [0.1, 0.15) is 0 Å². The average Bonchev–Trinajstić information content (AvgIpc) is 2.89. The number of hydrogen-bond acceptors (Lipinski definition) is 6. The van der Waals surface area contributed by atoms with E-state index >= 15 is 0 Å². The van der Waals surface area contributed by atoms with Crippen LogP contribution in [0.4, 0.5) is 16.4 Å². The molecular weight excluding hydrogens is 324 g/mol. The number of imidazole rings is 1. The van der Waals surface area contributed by atoms with Gasteiger partial charge in [-0.15, -0.1) is 0 Å². The lowest BCUT2D eigenvalue weighted by Crippen LogP contribution is -2.37. The molecule has 0 radical (unpaired) electrons. The van der Waals surface area contributed by atoms with Crippen LogP contribution in [-0.4, -0.2) is 41.4 Å². The summed E-state index contributed by atoms with van der Waals surface area (Å²) in [6.45, 7) is 4.79. The summed E-state index contributed by atoms with van der Waals surface area (Å²) in [6, 6.07) is 5.63. The molecule has 3 rings (SSSR count). The van der Waals surface area contributed by atoms with Crippen molar-refractivity contribution in [3.63, 3.8) is 0 Å². The lowest BCUT2D eigenvalue weighted by molar-refractivity contribution is -0.141. The van der Waals surface area contributed by atoms with Gasteiger partial charge in [-0.25, -0.2) is 9.78 Å². The summed E-state index contributed by atoms with van der Waals surface area (Å²) in [6.07, 6.45) is 1.09. The van der Waals surface area contributed by atoms with Gasteiger partial charge >= 0.3 is 12.1 Å². The first-order valence-corrected chi connectivity index (χ1v) is 8.32. The lowest BCUT2D eigenvalue weighted by Gasteiger charge is -2.26. The number of nitrogen functional groups attached to an aromatic ring is 1. The Morgan fingerprint density at radius 2 is 2.28 bits per heavy atom. The number of esters is 1. The highest BCUT2D eigenvalue weighted by molar-refractivity contribution is 5.92. The predicted molar refractivity (Wildman–Crippen MR) is 93.4 cm³/mol. The molecule has 1 amide bonds. The van der Waals surface area contributed by atoms with Gasteiger partial charge in [0.25, 0.3) is 0 Å². The van der Waals surface area contributed by atoms with E-state index in [1.165, 1.54) is 6.92 Å². The fourth-order valence-corrected chi connectivity index (χ4v) is 3.03. The highest BCUT2D eigenvalue weighted by Crippen LogP contribution is 2.29. The first-order chi connectivity index (χ1) is 12.0. The summed E-state index contributed by atoms with van der Waals surface area (Å²) in [5.74, 6) is 0.0948. The summed E-state index contributed by atoms with van der Waals surface area (Å²) in [4.78, 5) is 28.8. The van der Waals surface area contributed by atoms with Gasteiger partial charge in [-0.1, -0.05) is 0 Å². The number of carbonyl (C=O) groups is 2. The number of amides is 1. The summed E-state index contributed by atoms with van der Waals surface area (Å²) in [5.41, 5.74) is 8.42. The zero-order valence-corrected chi connectivity index (χ0v) is 14.4. The number of anilines is 2. The van der Waals surface area contributed by atoms with Crippen molar-refractivity contribution < 1.29 is 19.1 Å². The van der Waals surface area contributed by atoms with Crippen molar-refractivity contribution in [3.8, 4) is 0 Å². The Bertz CT molecular complexity index is 801. The molecule has 1 aromatic heterocycles. The molecule has 0 spiro atoms. The van der Waals surface area contributed by atoms with E-state index < -0.39 is 0 Å². The van der Waals surface area contributed by atoms with Crippen LogP contribution in [0.15, 0.2) is 18.2 Å². The minimum Gasteiger partial charge on any atom is -0.466 e. The molecule has 1 unspecified atom stereocenters. The molecule has 2 N–H and O–H groups in total. The molecule has 0 aliphatic carbocycles. The molecule has 0 bridgehead atoms. The number of aromatic nitrogens is 2. The normalized spacial score (nSPS) is 15.9. The second-order valence-electron chi connectivity index (χ2n) is 6.11. The van der Waals surface area contributed by atoms with E-state index in [4.69, 9.17) is 15.2 Å². The summed E-state index contributed by atoms with van der Waals surface area (Å²) in [5, 5.41) is 0. The molecule has 1 aromatic carbocycles. The van der Waals surface area contributed by atoms with Crippen LogP contribution >= 0.6 is 0 Å². The van der Waals surface area contributed by atoms with E-state index in [1.807, 2.05) is 29.7 Å². The smallest absolute Gasteiger partial charge is 0.414 e. The van der Waals surface area contributed by atoms with Gasteiger partial charge < -0.3 is 19.8 Å². The van der Waals surface area contributed by atoms with Crippen molar-refractivity contribution in [2.75, 3.05) is 30.4 Å². The number of carbonyl (C=O) groups excluding carboxylic acids is 2. The molecule has 0 saturated carbocycles. The highest BCUT2D eigenvalue weighted by Gasteiger charge is 2.22. The van der Waals surface area contributed by atoms with Crippen molar-refractivity contribution in [2.45, 2.75) is 32.7 Å². The van der Waals surface area contributed by atoms with E-state index in [2.05, 4.69) is 4.98 Å². The molecular formula is C17H22N4O4. The summed E-state index contributed by atoms with van der Waals surface area (Å²) < 4.78 is 12.0. The van der Waals surface area contributed by atoms with Crippen LogP contribution in [0.5, 0.6) is 0 Å². The molecule has 8 heteroatoms. The Balaban J connectivity index is 1.85. The third-order valence-electron chi connectivity index (χ3n) is 4.27. The average molecular weight is 346 g/mol. The van der Waals surface area contributed by atoms with Crippen molar-refractivity contribution in [2.24, 2.45) is 0 Å². The minimum atomic E-state index is -0.340. The largest absolute Gasteiger partial charge is 0.466 e. The molecule has 1 saturated heterocycles. The lowest BCUT2D eigenvalue weighted by atomic mass is 10.2. The van der Waals surface area contributed by atoms with Gasteiger partial charge in [0.2, 0.25) is 5.95 Å². The first-order valence-electron chi connectivity index (χ1n) is 8.32. The Hall–Kier alpha value is -2.77. The van der Waals surface area contributed by atoms with Gasteiger partial charge in [0, 0.05) is 31.6 Å². The standard InChI is InChI=1S/C17H22N4O4/c1-11(6-9-24-12(2)22)21-15-5-4-13(10-14(15)19-16(21)18)20-7-3-8-25-17(20)23/h4-5,10-11H,3,6-9H2,1-2H3,(H2,18,19). The zero-order valence-electron chi connectivity index (χ0n) is 14.4. The summed E-state index contributed by atoms with van der Waals surface area (Å²) in [7, 11) is 0. The number of nitrogens with two attached hydrogens (primary N) is 1. The minimum absolute atomic E-state index is 0.0233. The number of fused-ring (bicyclic) bond motifs is 1. The first kappa shape index (κ1) is 17.1. The van der Waals surface area contributed by atoms with Gasteiger partial charge in [0.05, 0.1) is 24.2 Å². The van der Waals surface area contributed by atoms with Crippen molar-refractivity contribution in [3.05, 3.63) is 18.2 Å². The number of cyclic esters (lactones) is 1. The third-order valence-corrected chi connectivity index (χ3v) is 4.27. The van der Waals surface area contributed by atoms with Crippen LogP contribution in [0.25, 0.3) is 11.0 Å². The fourth-order valence-electron chi connectivity index (χ4n) is 3.03. The predicted octanol–water partition coefficient (Wildman–Crippen LogP) is 2.48. The van der Waals surface area contributed by atoms with Crippen LogP contribution in [0.1, 0.15) is 32.7 Å². The molecule has 8 nitrogen and oxygen atoms in total. The Morgan fingerprint density at radius 1 is 1.48 bits per heavy atom. The SMILES string of the molecule is CC(=O)OCCC(C)n1c(N)nc2cc(N3CCCOC3=O)ccc21. The molecule has 1 atom stereocenters. The molecule has 2 aromatic rings. The van der Waals surface area contributed by atoms with Crippen LogP contribution in [0.2, 0.25) is 0 Å². The van der Waals surface area contributed by atoms with Gasteiger partial charge in [0.15, 0.2) is 0 Å². The number of ether oxygens (including phenoxy) is 2. The van der Waals surface area contributed by atoms with Crippen molar-refractivity contribution >= 4 is 34.7 Å². The summed E-state index contributed by atoms with van der Waals surface area (Å²) >= 11 is 0. The van der Waals surface area contributed by atoms with E-state index in [-0.39, 0.29) is 18.1 Å². The number of nitrogens with zero attached hydrogens (tertiary/aromatic N) is 3. The third kappa shape index (κ3) is 3.52. The van der Waals surface area contributed by atoms with Crippen LogP contribution < -0.4 is 10.6 Å². The molecule has 1 aliphatic rings. The maximum Gasteiger partial charge on any atom is 0.414 e. The Kier molecular flexibility index (Phi) is 4.78. The molecule has 1 aliphatic heterocycles. The van der Waals surface area contributed by atoms with E-state index in [0.717, 1.165) is 17.6 Å². The monoisotopic (exact) mass is 346 g/mol. The highest BCUT2D eigenvalue weighted by atomic mass is 16.6. The Labute approximate surface area is 145 Å². The molecule has 1 fully saturated rings. The van der Waals surface area contributed by atoms with Crippen molar-refractivity contribution in [1.29, 1.82) is 0 Å². The number of benzene rings is 1. The van der Waals surface area contributed by atoms with Crippen LogP contribution in [0.3, 0.4) is 0 Å². The maximum absolute atomic E-state index is 11.9. The van der Waals surface area contributed by atoms with E-state index in [9.17, 15) is 9.59 Å². The van der Waals surface area contributed by atoms with Crippen LogP contribution in [0, 0.1) is 0 Å². The van der Waals surface area contributed by atoms with Gasteiger partial charge in [-0.3, -0.25) is 9.69 Å². The van der Waals surface area contributed by atoms with E-state index in [1.54, 1.807) is 4.90 Å². The second kappa shape index (κ2) is 7.00. The van der Waals surface area contributed by atoms with Crippen molar-refractivity contribution in [1.82, 2.24) is 9.55 Å². The number of rotatable bonds is 5. The molecule has 2 heterocycles. The fraction of sp³-hybridized carbons (Fsp3) is 0.471. The zero-order chi connectivity index (χ0) is 18.0. The second-order valence-corrected chi connectivity index (χ2v) is 6.11. The maximum atomic E-state index is 11.9. The Morgan fingerprint density at radius 3 is 3.00 bits per heavy atom. The topological polar surface area (TPSA) is 99.7 Å². The van der Waals surface area contributed by atoms with Gasteiger partial charge in [-0.05, 0) is 31.5 Å².